The van der Waals surface area contributed by atoms with Gasteiger partial charge in [-0.15, -0.1) is 0 Å². The number of amides is 2. The van der Waals surface area contributed by atoms with Crippen LogP contribution in [0.15, 0.2) is 72.8 Å². The average Bonchev–Trinajstić information content (AvgIpc) is 3.01. The van der Waals surface area contributed by atoms with Gasteiger partial charge in [-0.3, -0.25) is 9.59 Å². The second kappa shape index (κ2) is 6.01. The standard InChI is InChI=1S/C24H15BrINO2/c25-24-17-7-3-1-5-15(17)19(16-6-2-4-8-18(16)24)20-21(24)23(29)27(22(20)28)14-11-9-13(26)10-12-14/h1-12,19-21H/t19?,20-,21-,24?/m0/s1. The number of carbonyl (C=O) groups excluding carboxylic acids is 2. The van der Waals surface area contributed by atoms with Crippen LogP contribution >= 0.6 is 38.5 Å². The number of hydrogen-bond acceptors (Lipinski definition) is 2. The van der Waals surface area contributed by atoms with Crippen LogP contribution in [0.3, 0.4) is 0 Å². The van der Waals surface area contributed by atoms with Gasteiger partial charge >= 0.3 is 0 Å². The molecule has 3 aromatic rings. The van der Waals surface area contributed by atoms with Gasteiger partial charge < -0.3 is 0 Å². The molecule has 5 heteroatoms. The summed E-state index contributed by atoms with van der Waals surface area (Å²) >= 11 is 6.24. The third kappa shape index (κ3) is 2.12. The first-order valence-corrected chi connectivity index (χ1v) is 11.4. The first-order chi connectivity index (χ1) is 14.0. The third-order valence-electron chi connectivity index (χ3n) is 6.60. The Morgan fingerprint density at radius 1 is 0.793 bits per heavy atom. The van der Waals surface area contributed by atoms with Crippen molar-refractivity contribution in [2.45, 2.75) is 10.2 Å². The summed E-state index contributed by atoms with van der Waals surface area (Å²) in [6.45, 7) is 0. The van der Waals surface area contributed by atoms with Crippen molar-refractivity contribution in [2.75, 3.05) is 4.90 Å². The molecule has 0 spiro atoms. The summed E-state index contributed by atoms with van der Waals surface area (Å²) in [5, 5.41) is 0. The molecule has 29 heavy (non-hydrogen) atoms. The summed E-state index contributed by atoms with van der Waals surface area (Å²) < 4.78 is 0.379. The molecule has 2 bridgehead atoms. The maximum Gasteiger partial charge on any atom is 0.239 e. The van der Waals surface area contributed by atoms with Gasteiger partial charge in [-0.25, -0.2) is 4.90 Å². The average molecular weight is 556 g/mol. The first-order valence-electron chi connectivity index (χ1n) is 9.54. The minimum atomic E-state index is -0.690. The Labute approximate surface area is 190 Å². The molecule has 3 aliphatic carbocycles. The predicted octanol–water partition coefficient (Wildman–Crippen LogP) is 5.19. The number of benzene rings is 3. The summed E-state index contributed by atoms with van der Waals surface area (Å²) in [6, 6.07) is 24.0. The van der Waals surface area contributed by atoms with Gasteiger partial charge in [0, 0.05) is 9.49 Å². The highest BCUT2D eigenvalue weighted by molar-refractivity contribution is 14.1. The van der Waals surface area contributed by atoms with Crippen LogP contribution in [0.25, 0.3) is 0 Å². The highest BCUT2D eigenvalue weighted by atomic mass is 127. The topological polar surface area (TPSA) is 37.4 Å². The lowest BCUT2D eigenvalue weighted by atomic mass is 9.55. The van der Waals surface area contributed by atoms with Crippen LogP contribution in [0.1, 0.15) is 28.2 Å². The quantitative estimate of drug-likeness (QED) is 0.235. The molecule has 2 amide bonds. The van der Waals surface area contributed by atoms with E-state index in [2.05, 4.69) is 62.8 Å². The Morgan fingerprint density at radius 2 is 1.34 bits per heavy atom. The molecule has 3 nitrogen and oxygen atoms in total. The molecule has 0 aromatic heterocycles. The highest BCUT2D eigenvalue weighted by Gasteiger charge is 2.67. The second-order valence-electron chi connectivity index (χ2n) is 7.86. The number of anilines is 1. The first kappa shape index (κ1) is 17.8. The maximum atomic E-state index is 13.7. The van der Waals surface area contributed by atoms with Crippen molar-refractivity contribution in [1.82, 2.24) is 0 Å². The molecule has 7 rings (SSSR count). The fourth-order valence-electron chi connectivity index (χ4n) is 5.52. The smallest absolute Gasteiger partial charge is 0.239 e. The Bertz CT molecular complexity index is 1160. The van der Waals surface area contributed by atoms with E-state index in [4.69, 9.17) is 0 Å². The molecule has 4 aliphatic rings. The van der Waals surface area contributed by atoms with Gasteiger partial charge in [0.2, 0.25) is 11.8 Å². The van der Waals surface area contributed by atoms with Gasteiger partial charge in [0.05, 0.1) is 21.8 Å². The van der Waals surface area contributed by atoms with Crippen LogP contribution in [0.4, 0.5) is 5.69 Å². The van der Waals surface area contributed by atoms with Crippen molar-refractivity contribution in [2.24, 2.45) is 11.8 Å². The minimum absolute atomic E-state index is 0.0981. The molecule has 2 atom stereocenters. The third-order valence-corrected chi connectivity index (χ3v) is 8.67. The molecule has 1 fully saturated rings. The van der Waals surface area contributed by atoms with E-state index in [-0.39, 0.29) is 17.7 Å². The maximum absolute atomic E-state index is 13.7. The van der Waals surface area contributed by atoms with Crippen LogP contribution in [0.2, 0.25) is 0 Å². The van der Waals surface area contributed by atoms with Crippen molar-refractivity contribution < 1.29 is 9.59 Å². The molecule has 0 radical (unpaired) electrons. The van der Waals surface area contributed by atoms with Gasteiger partial charge in [-0.05, 0) is 69.1 Å². The lowest BCUT2D eigenvalue weighted by Gasteiger charge is -2.51. The van der Waals surface area contributed by atoms with Crippen LogP contribution in [-0.4, -0.2) is 11.8 Å². The number of nitrogens with zero attached hydrogens (tertiary/aromatic N) is 1. The van der Waals surface area contributed by atoms with Gasteiger partial charge in [0.1, 0.15) is 0 Å². The molecule has 0 unspecified atom stereocenters. The SMILES string of the molecule is O=C1[C@@H]2[C@@H](C(=O)N1c1ccc(I)cc1)C1c3ccccc3C2(Br)c2ccccc21. The Morgan fingerprint density at radius 3 is 1.93 bits per heavy atom. The van der Waals surface area contributed by atoms with Gasteiger partial charge in [0.25, 0.3) is 0 Å². The molecular formula is C24H15BrINO2. The van der Waals surface area contributed by atoms with Crippen molar-refractivity contribution >= 4 is 56.0 Å². The predicted molar refractivity (Wildman–Crippen MR) is 123 cm³/mol. The summed E-state index contributed by atoms with van der Waals surface area (Å²) in [6.07, 6.45) is 0. The zero-order chi connectivity index (χ0) is 19.9. The molecule has 1 aliphatic heterocycles. The van der Waals surface area contributed by atoms with Gasteiger partial charge in [-0.2, -0.15) is 0 Å². The number of alkyl halides is 1. The minimum Gasteiger partial charge on any atom is -0.274 e. The molecule has 0 N–H and O–H groups in total. The fraction of sp³-hybridized carbons (Fsp3) is 0.167. The fourth-order valence-corrected chi connectivity index (χ4v) is 7.09. The van der Waals surface area contributed by atoms with Crippen LogP contribution in [0, 0.1) is 15.4 Å². The van der Waals surface area contributed by atoms with E-state index in [0.29, 0.717) is 5.69 Å². The van der Waals surface area contributed by atoms with Crippen molar-refractivity contribution in [3.63, 3.8) is 0 Å². The van der Waals surface area contributed by atoms with E-state index < -0.39 is 16.2 Å². The Kier molecular flexibility index (Phi) is 3.70. The molecule has 0 saturated carbocycles. The highest BCUT2D eigenvalue weighted by Crippen LogP contribution is 2.66. The van der Waals surface area contributed by atoms with E-state index >= 15 is 0 Å². The van der Waals surface area contributed by atoms with Crippen molar-refractivity contribution in [1.29, 1.82) is 0 Å². The van der Waals surface area contributed by atoms with Crippen LogP contribution in [0.5, 0.6) is 0 Å². The van der Waals surface area contributed by atoms with Gasteiger partial charge in [0.15, 0.2) is 0 Å². The summed E-state index contributed by atoms with van der Waals surface area (Å²) in [7, 11) is 0. The monoisotopic (exact) mass is 555 g/mol. The second-order valence-corrected chi connectivity index (χ2v) is 10.4. The molecule has 3 aromatic carbocycles. The number of halogens is 2. The zero-order valence-corrected chi connectivity index (χ0v) is 18.9. The molecular weight excluding hydrogens is 541 g/mol. The Hall–Kier alpha value is -1.99. The Balaban J connectivity index is 1.61. The lowest BCUT2D eigenvalue weighted by Crippen LogP contribution is -2.50. The molecule has 142 valence electrons. The number of imide groups is 1. The van der Waals surface area contributed by atoms with Crippen molar-refractivity contribution in [3.8, 4) is 0 Å². The molecule has 1 heterocycles. The summed E-state index contributed by atoms with van der Waals surface area (Å²) in [5.74, 6) is -1.17. The van der Waals surface area contributed by atoms with E-state index in [1.54, 1.807) is 0 Å². The normalized spacial score (nSPS) is 28.9. The van der Waals surface area contributed by atoms with Crippen LogP contribution in [-0.2, 0) is 13.9 Å². The van der Waals surface area contributed by atoms with E-state index in [1.807, 2.05) is 48.5 Å². The van der Waals surface area contributed by atoms with Gasteiger partial charge in [-0.1, -0.05) is 64.5 Å². The number of hydrogen-bond donors (Lipinski definition) is 0. The molecule has 1 saturated heterocycles. The van der Waals surface area contributed by atoms with E-state index in [9.17, 15) is 9.59 Å². The van der Waals surface area contributed by atoms with Crippen LogP contribution < -0.4 is 4.90 Å². The van der Waals surface area contributed by atoms with E-state index in [0.717, 1.165) is 25.8 Å². The lowest BCUT2D eigenvalue weighted by molar-refractivity contribution is -0.122. The van der Waals surface area contributed by atoms with Crippen molar-refractivity contribution in [3.05, 3.63) is 98.6 Å². The largest absolute Gasteiger partial charge is 0.274 e. The number of carbonyl (C=O) groups is 2. The number of rotatable bonds is 1. The van der Waals surface area contributed by atoms with E-state index in [1.165, 1.54) is 4.90 Å². The zero-order valence-electron chi connectivity index (χ0n) is 15.2. The summed E-state index contributed by atoms with van der Waals surface area (Å²) in [4.78, 5) is 28.8. The summed E-state index contributed by atoms with van der Waals surface area (Å²) in [5.41, 5.74) is 5.16.